The van der Waals surface area contributed by atoms with Gasteiger partial charge in [-0.2, -0.15) is 10.1 Å². The number of hydrogen-bond donors (Lipinski definition) is 2. The molecule has 2 heterocycles. The second-order valence-electron chi connectivity index (χ2n) is 7.67. The van der Waals surface area contributed by atoms with Gasteiger partial charge < -0.3 is 15.2 Å². The zero-order valence-corrected chi connectivity index (χ0v) is 16.0. The molecule has 0 bridgehead atoms. The number of amides is 2. The van der Waals surface area contributed by atoms with E-state index in [9.17, 15) is 9.18 Å². The van der Waals surface area contributed by atoms with Crippen molar-refractivity contribution < 1.29 is 13.7 Å². The fraction of sp³-hybridized carbons (Fsp3) is 0.400. The van der Waals surface area contributed by atoms with Gasteiger partial charge in [0.05, 0.1) is 29.7 Å². The predicted molar refractivity (Wildman–Crippen MR) is 103 cm³/mol. The molecule has 2 fully saturated rings. The third-order valence-electron chi connectivity index (χ3n) is 5.37. The monoisotopic (exact) mass is 396 g/mol. The first-order valence-electron chi connectivity index (χ1n) is 9.77. The van der Waals surface area contributed by atoms with Crippen molar-refractivity contribution >= 4 is 11.7 Å². The number of aryl methyl sites for hydroxylation is 1. The summed E-state index contributed by atoms with van der Waals surface area (Å²) in [5, 5.41) is 13.9. The lowest BCUT2D eigenvalue weighted by molar-refractivity contribution is 0.251. The molecule has 2 saturated carbocycles. The quantitative estimate of drug-likeness (QED) is 0.662. The lowest BCUT2D eigenvalue weighted by atomic mass is 10.1. The Kier molecular flexibility index (Phi) is 4.30. The van der Waals surface area contributed by atoms with Gasteiger partial charge in [-0.15, -0.1) is 0 Å². The number of aromatic nitrogens is 4. The highest BCUT2D eigenvalue weighted by molar-refractivity contribution is 5.93. The Hall–Kier alpha value is -3.23. The molecule has 0 spiro atoms. The van der Waals surface area contributed by atoms with Gasteiger partial charge in [0.15, 0.2) is 5.82 Å². The van der Waals surface area contributed by atoms with Crippen LogP contribution in [0.25, 0.3) is 11.5 Å². The van der Waals surface area contributed by atoms with Crippen LogP contribution in [0.2, 0.25) is 0 Å². The van der Waals surface area contributed by atoms with Gasteiger partial charge in [0.1, 0.15) is 5.82 Å². The maximum absolute atomic E-state index is 13.8. The van der Waals surface area contributed by atoms with Crippen molar-refractivity contribution in [2.24, 2.45) is 7.05 Å². The summed E-state index contributed by atoms with van der Waals surface area (Å²) in [6, 6.07) is 3.66. The third-order valence-corrected chi connectivity index (χ3v) is 5.37. The van der Waals surface area contributed by atoms with E-state index in [-0.39, 0.29) is 5.89 Å². The highest BCUT2D eigenvalue weighted by Gasteiger charge is 2.30. The summed E-state index contributed by atoms with van der Waals surface area (Å²) in [5.41, 5.74) is 2.95. The van der Waals surface area contributed by atoms with Crippen molar-refractivity contribution in [1.82, 2.24) is 25.2 Å². The molecule has 5 rings (SSSR count). The van der Waals surface area contributed by atoms with Gasteiger partial charge in [0.25, 0.3) is 5.89 Å². The summed E-state index contributed by atoms with van der Waals surface area (Å²) >= 11 is 0. The van der Waals surface area contributed by atoms with Gasteiger partial charge in [0, 0.05) is 13.0 Å². The molecule has 2 N–H and O–H groups in total. The van der Waals surface area contributed by atoms with E-state index >= 15 is 0 Å². The first-order valence-corrected chi connectivity index (χ1v) is 9.77. The number of benzene rings is 1. The van der Waals surface area contributed by atoms with Crippen LogP contribution in [-0.4, -0.2) is 26.0 Å². The van der Waals surface area contributed by atoms with E-state index in [1.54, 1.807) is 4.68 Å². The third kappa shape index (κ3) is 3.72. The predicted octanol–water partition coefficient (Wildman–Crippen LogP) is 3.69. The normalized spacial score (nSPS) is 16.1. The average Bonchev–Trinajstić information content (AvgIpc) is 3.64. The molecule has 0 radical (unpaired) electrons. The largest absolute Gasteiger partial charge is 0.334 e. The minimum Gasteiger partial charge on any atom is -0.334 e. The number of rotatable bonds is 6. The summed E-state index contributed by atoms with van der Waals surface area (Å²) in [4.78, 5) is 16.9. The van der Waals surface area contributed by atoms with Crippen molar-refractivity contribution in [3.63, 3.8) is 0 Å². The van der Waals surface area contributed by atoms with E-state index in [0.29, 0.717) is 35.5 Å². The van der Waals surface area contributed by atoms with Gasteiger partial charge in [0.2, 0.25) is 0 Å². The van der Waals surface area contributed by atoms with Crippen molar-refractivity contribution in [1.29, 1.82) is 0 Å². The Morgan fingerprint density at radius 1 is 1.28 bits per heavy atom. The van der Waals surface area contributed by atoms with Crippen LogP contribution in [0.5, 0.6) is 0 Å². The minimum absolute atomic E-state index is 0.198. The summed E-state index contributed by atoms with van der Waals surface area (Å²) < 4.78 is 20.9. The molecule has 2 aliphatic carbocycles. The van der Waals surface area contributed by atoms with Crippen molar-refractivity contribution in [3.8, 4) is 11.5 Å². The van der Waals surface area contributed by atoms with E-state index in [4.69, 9.17) is 4.52 Å². The molecule has 2 aliphatic rings. The Labute approximate surface area is 166 Å². The fourth-order valence-corrected chi connectivity index (χ4v) is 3.42. The van der Waals surface area contributed by atoms with Gasteiger partial charge in [-0.25, -0.2) is 9.18 Å². The molecule has 29 heavy (non-hydrogen) atoms. The molecule has 0 aliphatic heterocycles. The minimum atomic E-state index is -0.443. The molecule has 0 unspecified atom stereocenters. The molecule has 9 heteroatoms. The van der Waals surface area contributed by atoms with Crippen LogP contribution in [0, 0.1) is 5.82 Å². The SMILES string of the molecule is Cn1ncc(C2CC2)c1CNC(=O)Nc1ccc(F)cc1-c1nc(C2CC2)no1. The van der Waals surface area contributed by atoms with E-state index in [2.05, 4.69) is 25.9 Å². The van der Waals surface area contributed by atoms with Crippen molar-refractivity contribution in [2.75, 3.05) is 5.32 Å². The molecule has 2 aromatic heterocycles. The number of halogens is 1. The maximum Gasteiger partial charge on any atom is 0.319 e. The molecular weight excluding hydrogens is 375 g/mol. The first-order chi connectivity index (χ1) is 14.1. The molecular formula is C20H21FN6O2. The zero-order valence-electron chi connectivity index (χ0n) is 16.0. The summed E-state index contributed by atoms with van der Waals surface area (Å²) in [5.74, 6) is 1.25. The van der Waals surface area contributed by atoms with Gasteiger partial charge in [-0.05, 0) is 55.4 Å². The van der Waals surface area contributed by atoms with Gasteiger partial charge >= 0.3 is 6.03 Å². The van der Waals surface area contributed by atoms with E-state index in [0.717, 1.165) is 31.4 Å². The van der Waals surface area contributed by atoms with Crippen LogP contribution in [0.1, 0.15) is 54.6 Å². The average molecular weight is 396 g/mol. The smallest absolute Gasteiger partial charge is 0.319 e. The Morgan fingerprint density at radius 3 is 2.83 bits per heavy atom. The van der Waals surface area contributed by atoms with Crippen LogP contribution in [0.3, 0.4) is 0 Å². The van der Waals surface area contributed by atoms with Crippen LogP contribution in [-0.2, 0) is 13.6 Å². The Bertz CT molecular complexity index is 1070. The molecule has 1 aromatic carbocycles. The number of nitrogens with one attached hydrogen (secondary N) is 2. The number of nitrogens with zero attached hydrogens (tertiary/aromatic N) is 4. The molecule has 150 valence electrons. The van der Waals surface area contributed by atoms with Crippen LogP contribution >= 0.6 is 0 Å². The fourth-order valence-electron chi connectivity index (χ4n) is 3.42. The molecule has 2 amide bonds. The second kappa shape index (κ2) is 6.98. The molecule has 0 saturated heterocycles. The van der Waals surface area contributed by atoms with Crippen molar-refractivity contribution in [2.45, 2.75) is 44.1 Å². The van der Waals surface area contributed by atoms with E-state index < -0.39 is 11.8 Å². The van der Waals surface area contributed by atoms with Crippen LogP contribution in [0.15, 0.2) is 28.9 Å². The first kappa shape index (κ1) is 17.8. The summed E-state index contributed by atoms with van der Waals surface area (Å²) in [7, 11) is 1.87. The summed E-state index contributed by atoms with van der Waals surface area (Å²) in [6.07, 6.45) is 6.27. The molecule has 0 atom stereocenters. The number of carbonyl (C=O) groups excluding carboxylic acids is 1. The standard InChI is InChI=1S/C20H21FN6O2/c1-27-17(15(9-23-27)11-2-3-11)10-22-20(28)24-16-7-6-13(21)8-14(16)19-25-18(26-29-19)12-4-5-12/h6-9,11-12H,2-5,10H2,1H3,(H2,22,24,28). The van der Waals surface area contributed by atoms with Crippen LogP contribution < -0.4 is 10.6 Å². The van der Waals surface area contributed by atoms with E-state index in [1.807, 2.05) is 13.2 Å². The summed E-state index contributed by atoms with van der Waals surface area (Å²) in [6.45, 7) is 0.358. The highest BCUT2D eigenvalue weighted by Crippen LogP contribution is 2.41. The maximum atomic E-state index is 13.8. The number of urea groups is 1. The van der Waals surface area contributed by atoms with Gasteiger partial charge in [-0.1, -0.05) is 5.16 Å². The van der Waals surface area contributed by atoms with Gasteiger partial charge in [-0.3, -0.25) is 4.68 Å². The number of anilines is 1. The Balaban J connectivity index is 1.31. The van der Waals surface area contributed by atoms with E-state index in [1.165, 1.54) is 23.8 Å². The van der Waals surface area contributed by atoms with Crippen molar-refractivity contribution in [3.05, 3.63) is 47.3 Å². The topological polar surface area (TPSA) is 97.9 Å². The molecule has 8 nitrogen and oxygen atoms in total. The lowest BCUT2D eigenvalue weighted by Gasteiger charge is -2.11. The lowest BCUT2D eigenvalue weighted by Crippen LogP contribution is -2.29. The zero-order chi connectivity index (χ0) is 20.0. The Morgan fingerprint density at radius 2 is 2.07 bits per heavy atom. The second-order valence-corrected chi connectivity index (χ2v) is 7.67. The number of carbonyl (C=O) groups is 1. The molecule has 3 aromatic rings. The highest BCUT2D eigenvalue weighted by atomic mass is 19.1. The number of hydrogen-bond acceptors (Lipinski definition) is 5. The van der Waals surface area contributed by atoms with Crippen LogP contribution in [0.4, 0.5) is 14.9 Å².